The molecule has 1 fully saturated rings. The molecule has 38 heavy (non-hydrogen) atoms. The zero-order valence-corrected chi connectivity index (χ0v) is 22.2. The molecule has 6 heteroatoms. The predicted octanol–water partition coefficient (Wildman–Crippen LogP) is 6.74. The molecule has 0 radical (unpaired) electrons. The Morgan fingerprint density at radius 3 is 2.55 bits per heavy atom. The largest absolute Gasteiger partial charge is 0.497 e. The lowest BCUT2D eigenvalue weighted by molar-refractivity contribution is 0.0976. The van der Waals surface area contributed by atoms with Gasteiger partial charge in [0.2, 0.25) is 0 Å². The van der Waals surface area contributed by atoms with Crippen LogP contribution in [0, 0.1) is 5.92 Å². The minimum atomic E-state index is -0.110. The van der Waals surface area contributed by atoms with E-state index in [9.17, 15) is 9.90 Å². The van der Waals surface area contributed by atoms with Gasteiger partial charge in [-0.1, -0.05) is 31.5 Å². The molecule has 0 amide bonds. The van der Waals surface area contributed by atoms with Gasteiger partial charge in [0.1, 0.15) is 5.75 Å². The van der Waals surface area contributed by atoms with Crippen LogP contribution in [0.3, 0.4) is 0 Å². The number of aromatic nitrogens is 2. The van der Waals surface area contributed by atoms with E-state index in [0.29, 0.717) is 24.4 Å². The highest BCUT2D eigenvalue weighted by Crippen LogP contribution is 2.37. The first-order valence-corrected chi connectivity index (χ1v) is 13.5. The maximum atomic E-state index is 13.3. The van der Waals surface area contributed by atoms with E-state index in [2.05, 4.69) is 34.3 Å². The lowest BCUT2D eigenvalue weighted by Gasteiger charge is -2.17. The number of ether oxygens (including phenoxy) is 1. The van der Waals surface area contributed by atoms with Gasteiger partial charge in [0.15, 0.2) is 5.78 Å². The number of nitrogens with zero attached hydrogens (tertiary/aromatic N) is 2. The molecule has 2 N–H and O–H groups in total. The molecule has 1 saturated carbocycles. The lowest BCUT2D eigenvalue weighted by atomic mass is 9.95. The SMILES string of the molecule is CCCCc1ccc(-c2cc3c(NCc4ccc(OC)cc4)c(C(=O)CC4CC4)cnc3cc2CO)cn1. The fraction of sp³-hybridized carbons (Fsp3) is 0.344. The third kappa shape index (κ3) is 5.86. The molecule has 2 aromatic carbocycles. The monoisotopic (exact) mass is 509 g/mol. The summed E-state index contributed by atoms with van der Waals surface area (Å²) in [6.07, 6.45) is 9.55. The fourth-order valence-electron chi connectivity index (χ4n) is 4.80. The molecule has 0 saturated heterocycles. The van der Waals surface area contributed by atoms with Crippen LogP contribution in [0.15, 0.2) is 60.9 Å². The molecule has 196 valence electrons. The predicted molar refractivity (Wildman–Crippen MR) is 152 cm³/mol. The number of aliphatic hydroxyl groups excluding tert-OH is 1. The number of unbranched alkanes of at least 4 members (excludes halogenated alkanes) is 1. The smallest absolute Gasteiger partial charge is 0.166 e. The number of hydrogen-bond donors (Lipinski definition) is 2. The van der Waals surface area contributed by atoms with Crippen LogP contribution in [0.5, 0.6) is 5.75 Å². The van der Waals surface area contributed by atoms with E-state index < -0.39 is 0 Å². The van der Waals surface area contributed by atoms with Crippen molar-refractivity contribution in [3.63, 3.8) is 0 Å². The highest BCUT2D eigenvalue weighted by molar-refractivity contribution is 6.09. The van der Waals surface area contributed by atoms with Crippen molar-refractivity contribution in [3.8, 4) is 16.9 Å². The van der Waals surface area contributed by atoms with Crippen molar-refractivity contribution in [3.05, 3.63) is 83.3 Å². The standard InChI is InChI=1S/C32H35N3O3/c1-3-4-5-25-11-10-23(18-33-25)27-16-28-30(15-24(27)20-36)34-19-29(31(37)14-21-6-7-21)32(28)35-17-22-8-12-26(38-2)13-9-22/h8-13,15-16,18-19,21,36H,3-7,14,17,20H2,1-2H3,(H,34,35). The molecule has 0 aliphatic heterocycles. The fourth-order valence-corrected chi connectivity index (χ4v) is 4.80. The molecule has 1 aliphatic carbocycles. The molecular formula is C32H35N3O3. The number of aliphatic hydroxyl groups is 1. The van der Waals surface area contributed by atoms with Gasteiger partial charge in [0, 0.05) is 42.0 Å². The Morgan fingerprint density at radius 2 is 1.89 bits per heavy atom. The second kappa shape index (κ2) is 11.7. The van der Waals surface area contributed by atoms with E-state index in [1.54, 1.807) is 13.3 Å². The molecule has 5 rings (SSSR count). The first kappa shape index (κ1) is 25.9. The summed E-state index contributed by atoms with van der Waals surface area (Å²) in [7, 11) is 1.65. The van der Waals surface area contributed by atoms with E-state index >= 15 is 0 Å². The summed E-state index contributed by atoms with van der Waals surface area (Å²) in [4.78, 5) is 22.6. The Balaban J connectivity index is 1.56. The number of Topliss-reactive ketones (excluding diaryl/α,β-unsaturated/α-hetero) is 1. The minimum Gasteiger partial charge on any atom is -0.497 e. The van der Waals surface area contributed by atoms with Crippen molar-refractivity contribution >= 4 is 22.4 Å². The summed E-state index contributed by atoms with van der Waals surface area (Å²) in [5, 5.41) is 14.6. The zero-order valence-electron chi connectivity index (χ0n) is 22.2. The molecule has 0 unspecified atom stereocenters. The Bertz CT molecular complexity index is 1410. The van der Waals surface area contributed by atoms with Gasteiger partial charge < -0.3 is 15.2 Å². The molecular weight excluding hydrogens is 474 g/mol. The molecule has 0 atom stereocenters. The van der Waals surface area contributed by atoms with Gasteiger partial charge in [-0.15, -0.1) is 0 Å². The number of carbonyl (C=O) groups excluding carboxylic acids is 1. The number of nitrogens with one attached hydrogen (secondary N) is 1. The molecule has 6 nitrogen and oxygen atoms in total. The zero-order chi connectivity index (χ0) is 26.5. The Hall–Kier alpha value is -3.77. The summed E-state index contributed by atoms with van der Waals surface area (Å²) < 4.78 is 5.29. The summed E-state index contributed by atoms with van der Waals surface area (Å²) >= 11 is 0. The van der Waals surface area contributed by atoms with Crippen LogP contribution in [0.1, 0.15) is 66.2 Å². The molecule has 2 aromatic heterocycles. The Kier molecular flexibility index (Phi) is 7.99. The normalized spacial score (nSPS) is 13.0. The van der Waals surface area contributed by atoms with E-state index in [-0.39, 0.29) is 12.4 Å². The van der Waals surface area contributed by atoms with Gasteiger partial charge >= 0.3 is 0 Å². The van der Waals surface area contributed by atoms with Crippen LogP contribution in [-0.4, -0.2) is 28.0 Å². The van der Waals surface area contributed by atoms with Gasteiger partial charge in [-0.05, 0) is 78.6 Å². The topological polar surface area (TPSA) is 84.3 Å². The van der Waals surface area contributed by atoms with Gasteiger partial charge in [-0.3, -0.25) is 14.8 Å². The molecule has 0 spiro atoms. The van der Waals surface area contributed by atoms with Gasteiger partial charge in [-0.25, -0.2) is 0 Å². The Morgan fingerprint density at radius 1 is 1.08 bits per heavy atom. The highest BCUT2D eigenvalue weighted by atomic mass is 16.5. The van der Waals surface area contributed by atoms with Crippen molar-refractivity contribution in [1.29, 1.82) is 0 Å². The van der Waals surface area contributed by atoms with Crippen LogP contribution in [0.2, 0.25) is 0 Å². The summed E-state index contributed by atoms with van der Waals surface area (Å²) in [5.41, 5.74) is 6.91. The first-order chi connectivity index (χ1) is 18.6. The third-order valence-electron chi connectivity index (χ3n) is 7.29. The van der Waals surface area contributed by atoms with E-state index in [4.69, 9.17) is 4.74 Å². The average Bonchev–Trinajstić information content (AvgIpc) is 3.78. The number of hydrogen-bond acceptors (Lipinski definition) is 6. The van der Waals surface area contributed by atoms with Gasteiger partial charge in [0.05, 0.1) is 30.5 Å². The summed E-state index contributed by atoms with van der Waals surface area (Å²) in [6, 6.07) is 16.0. The first-order valence-electron chi connectivity index (χ1n) is 13.5. The number of pyridine rings is 2. The van der Waals surface area contributed by atoms with Gasteiger partial charge in [0.25, 0.3) is 0 Å². The maximum absolute atomic E-state index is 13.3. The third-order valence-corrected chi connectivity index (χ3v) is 7.29. The number of fused-ring (bicyclic) bond motifs is 1. The number of anilines is 1. The minimum absolute atomic E-state index is 0.110. The maximum Gasteiger partial charge on any atom is 0.166 e. The quantitative estimate of drug-likeness (QED) is 0.206. The van der Waals surface area contributed by atoms with Crippen LogP contribution >= 0.6 is 0 Å². The molecule has 2 heterocycles. The molecule has 0 bridgehead atoms. The van der Waals surface area contributed by atoms with Crippen molar-refractivity contribution in [2.24, 2.45) is 5.92 Å². The molecule has 1 aliphatic rings. The average molecular weight is 510 g/mol. The van der Waals surface area contributed by atoms with Gasteiger partial charge in [-0.2, -0.15) is 0 Å². The highest BCUT2D eigenvalue weighted by Gasteiger charge is 2.27. The lowest BCUT2D eigenvalue weighted by Crippen LogP contribution is -2.09. The Labute approximate surface area is 224 Å². The second-order valence-corrected chi connectivity index (χ2v) is 10.1. The van der Waals surface area contributed by atoms with Crippen LogP contribution in [0.25, 0.3) is 22.0 Å². The number of ketones is 1. The second-order valence-electron chi connectivity index (χ2n) is 10.1. The van der Waals surface area contributed by atoms with Crippen molar-refractivity contribution in [2.45, 2.75) is 58.6 Å². The summed E-state index contributed by atoms with van der Waals surface area (Å²) in [5.74, 6) is 1.41. The van der Waals surface area contributed by atoms with E-state index in [0.717, 1.165) is 82.4 Å². The van der Waals surface area contributed by atoms with Crippen molar-refractivity contribution < 1.29 is 14.6 Å². The number of rotatable bonds is 12. The number of benzene rings is 2. The molecule has 4 aromatic rings. The number of aryl methyl sites for hydroxylation is 1. The number of methoxy groups -OCH3 is 1. The van der Waals surface area contributed by atoms with Crippen molar-refractivity contribution in [1.82, 2.24) is 9.97 Å². The van der Waals surface area contributed by atoms with Crippen LogP contribution in [-0.2, 0) is 19.6 Å². The summed E-state index contributed by atoms with van der Waals surface area (Å²) in [6.45, 7) is 2.62. The van der Waals surface area contributed by atoms with E-state index in [1.165, 1.54) is 0 Å². The number of carbonyl (C=O) groups is 1. The van der Waals surface area contributed by atoms with Crippen molar-refractivity contribution in [2.75, 3.05) is 12.4 Å². The van der Waals surface area contributed by atoms with E-state index in [1.807, 2.05) is 42.6 Å². The van der Waals surface area contributed by atoms with Crippen LogP contribution in [0.4, 0.5) is 5.69 Å². The van der Waals surface area contributed by atoms with Crippen LogP contribution < -0.4 is 10.1 Å².